The summed E-state index contributed by atoms with van der Waals surface area (Å²) in [5, 5.41) is 6.00. The molecule has 1 aliphatic carbocycles. The highest BCUT2D eigenvalue weighted by Gasteiger charge is 2.28. The van der Waals surface area contributed by atoms with Crippen LogP contribution in [0.4, 0.5) is 0 Å². The summed E-state index contributed by atoms with van der Waals surface area (Å²) < 4.78 is 2.39. The molecule has 122 valence electrons. The van der Waals surface area contributed by atoms with Crippen molar-refractivity contribution in [2.75, 3.05) is 0 Å². The lowest BCUT2D eigenvalue weighted by Crippen LogP contribution is -2.21. The topological polar surface area (TPSA) is 17.0 Å². The van der Waals surface area contributed by atoms with Crippen molar-refractivity contribution >= 4 is 22.9 Å². The summed E-state index contributed by atoms with van der Waals surface area (Å²) in [6.07, 6.45) is 7.36. The van der Waals surface area contributed by atoms with Gasteiger partial charge in [-0.05, 0) is 61.1 Å². The minimum atomic E-state index is 0.178. The summed E-state index contributed by atoms with van der Waals surface area (Å²) in [5.41, 5.74) is 5.65. The van der Waals surface area contributed by atoms with E-state index in [9.17, 15) is 0 Å². The largest absolute Gasteiger partial charge is 0.310 e. The Kier molecular flexibility index (Phi) is 3.55. The molecule has 2 aliphatic rings. The molecule has 1 N–H and O–H groups in total. The zero-order valence-corrected chi connectivity index (χ0v) is 15.0. The maximum absolute atomic E-state index is 6.24. The van der Waals surface area contributed by atoms with Gasteiger partial charge >= 0.3 is 0 Å². The maximum Gasteiger partial charge on any atom is 0.104 e. The minimum Gasteiger partial charge on any atom is -0.310 e. The second kappa shape index (κ2) is 5.76. The van der Waals surface area contributed by atoms with Gasteiger partial charge in [-0.3, -0.25) is 0 Å². The van der Waals surface area contributed by atoms with Gasteiger partial charge in [0.05, 0.1) is 6.04 Å². The van der Waals surface area contributed by atoms with E-state index in [-0.39, 0.29) is 6.04 Å². The third-order valence-corrected chi connectivity index (χ3v) is 6.79. The van der Waals surface area contributed by atoms with Gasteiger partial charge < -0.3 is 9.88 Å². The number of rotatable bonds is 1. The van der Waals surface area contributed by atoms with E-state index in [1.54, 1.807) is 10.4 Å². The third kappa shape index (κ3) is 2.26. The quantitative estimate of drug-likeness (QED) is 0.630. The molecular weight excluding hydrogens is 336 g/mol. The molecule has 0 spiro atoms. The monoisotopic (exact) mass is 354 g/mol. The molecule has 0 bridgehead atoms. The minimum absolute atomic E-state index is 0.178. The highest BCUT2D eigenvalue weighted by atomic mass is 35.5. The molecule has 1 unspecified atom stereocenters. The van der Waals surface area contributed by atoms with Crippen LogP contribution in [0.1, 0.15) is 46.1 Å². The molecule has 1 atom stereocenters. The van der Waals surface area contributed by atoms with E-state index in [1.165, 1.54) is 47.5 Å². The summed E-state index contributed by atoms with van der Waals surface area (Å²) >= 11 is 8.23. The molecule has 5 rings (SSSR count). The molecule has 0 amide bonds. The average molecular weight is 355 g/mol. The van der Waals surface area contributed by atoms with Gasteiger partial charge in [0.1, 0.15) is 5.00 Å². The standard InChI is InChI=1S/C20H19ClN2S/c21-14-6-3-5-13(11-14)19-17-8-4-10-23(17)20-16(12-22-19)15-7-1-2-9-18(15)24-20/h3-6,8,10-11,19,22H,1-2,7,9,12H2. The van der Waals surface area contributed by atoms with Gasteiger partial charge in [0.25, 0.3) is 0 Å². The lowest BCUT2D eigenvalue weighted by molar-refractivity contribution is 0.595. The van der Waals surface area contributed by atoms with Crippen molar-refractivity contribution < 1.29 is 0 Å². The number of fused-ring (bicyclic) bond motifs is 5. The Morgan fingerprint density at radius 3 is 2.92 bits per heavy atom. The van der Waals surface area contributed by atoms with E-state index < -0.39 is 0 Å². The number of aryl methyl sites for hydroxylation is 1. The molecular formula is C20H19ClN2S. The van der Waals surface area contributed by atoms with Crippen LogP contribution in [-0.2, 0) is 19.4 Å². The Balaban J connectivity index is 1.65. The van der Waals surface area contributed by atoms with Crippen LogP contribution in [0.3, 0.4) is 0 Å². The van der Waals surface area contributed by atoms with Crippen LogP contribution in [0.2, 0.25) is 5.02 Å². The van der Waals surface area contributed by atoms with Crippen LogP contribution in [-0.4, -0.2) is 4.57 Å². The van der Waals surface area contributed by atoms with Crippen molar-refractivity contribution in [3.05, 3.63) is 74.9 Å². The van der Waals surface area contributed by atoms with Crippen LogP contribution in [0, 0.1) is 0 Å². The molecule has 1 aliphatic heterocycles. The lowest BCUT2D eigenvalue weighted by atomic mass is 9.95. The van der Waals surface area contributed by atoms with Crippen molar-refractivity contribution in [2.45, 2.75) is 38.3 Å². The molecule has 0 fully saturated rings. The van der Waals surface area contributed by atoms with Gasteiger partial charge in [0.15, 0.2) is 0 Å². The summed E-state index contributed by atoms with van der Waals surface area (Å²) in [7, 11) is 0. The fraction of sp³-hybridized carbons (Fsp3) is 0.300. The van der Waals surface area contributed by atoms with Crippen molar-refractivity contribution in [1.82, 2.24) is 9.88 Å². The molecule has 0 saturated heterocycles. The first-order chi connectivity index (χ1) is 11.8. The Morgan fingerprint density at radius 1 is 1.08 bits per heavy atom. The number of halogens is 1. The summed E-state index contributed by atoms with van der Waals surface area (Å²) in [6, 6.07) is 12.8. The number of thiophene rings is 1. The second-order valence-corrected chi connectivity index (χ2v) is 8.19. The van der Waals surface area contributed by atoms with Crippen molar-refractivity contribution in [1.29, 1.82) is 0 Å². The fourth-order valence-corrected chi connectivity index (χ4v) is 5.70. The van der Waals surface area contributed by atoms with Crippen LogP contribution < -0.4 is 5.32 Å². The molecule has 3 aromatic rings. The molecule has 2 nitrogen and oxygen atoms in total. The molecule has 1 aromatic carbocycles. The van der Waals surface area contributed by atoms with E-state index in [4.69, 9.17) is 11.6 Å². The van der Waals surface area contributed by atoms with Gasteiger partial charge in [-0.25, -0.2) is 0 Å². The summed E-state index contributed by atoms with van der Waals surface area (Å²) in [6.45, 7) is 0.931. The van der Waals surface area contributed by atoms with Crippen molar-refractivity contribution in [3.8, 4) is 5.00 Å². The lowest BCUT2D eigenvalue weighted by Gasteiger charge is -2.19. The third-order valence-electron chi connectivity index (χ3n) is 5.22. The van der Waals surface area contributed by atoms with E-state index >= 15 is 0 Å². The molecule has 0 radical (unpaired) electrons. The normalized spacial score (nSPS) is 19.3. The van der Waals surface area contributed by atoms with Crippen molar-refractivity contribution in [2.24, 2.45) is 0 Å². The number of nitrogens with one attached hydrogen (secondary N) is 1. The van der Waals surface area contributed by atoms with Crippen LogP contribution >= 0.6 is 22.9 Å². The molecule has 24 heavy (non-hydrogen) atoms. The first-order valence-corrected chi connectivity index (χ1v) is 9.80. The number of hydrogen-bond donors (Lipinski definition) is 1. The molecule has 0 saturated carbocycles. The highest BCUT2D eigenvalue weighted by Crippen LogP contribution is 2.40. The predicted molar refractivity (Wildman–Crippen MR) is 100 cm³/mol. The van der Waals surface area contributed by atoms with Crippen LogP contribution in [0.5, 0.6) is 0 Å². The van der Waals surface area contributed by atoms with Gasteiger partial charge in [-0.1, -0.05) is 23.7 Å². The van der Waals surface area contributed by atoms with E-state index in [0.29, 0.717) is 0 Å². The first-order valence-electron chi connectivity index (χ1n) is 8.61. The highest BCUT2D eigenvalue weighted by molar-refractivity contribution is 7.15. The number of nitrogens with zero attached hydrogens (tertiary/aromatic N) is 1. The van der Waals surface area contributed by atoms with E-state index in [1.807, 2.05) is 23.5 Å². The maximum atomic E-state index is 6.24. The Morgan fingerprint density at radius 2 is 2.00 bits per heavy atom. The SMILES string of the molecule is Clc1cccc(C2NCc3c(sc4c3CCCC4)-n3cccc32)c1. The average Bonchev–Trinajstić information content (AvgIpc) is 3.17. The van der Waals surface area contributed by atoms with E-state index in [2.05, 4.69) is 40.3 Å². The number of aromatic nitrogens is 1. The summed E-state index contributed by atoms with van der Waals surface area (Å²) in [5.74, 6) is 0. The first kappa shape index (κ1) is 14.8. The zero-order chi connectivity index (χ0) is 16.1. The van der Waals surface area contributed by atoms with Crippen LogP contribution in [0.15, 0.2) is 42.6 Å². The zero-order valence-electron chi connectivity index (χ0n) is 13.4. The molecule has 3 heterocycles. The summed E-state index contributed by atoms with van der Waals surface area (Å²) in [4.78, 5) is 1.61. The number of benzene rings is 1. The fourth-order valence-electron chi connectivity index (χ4n) is 4.09. The van der Waals surface area contributed by atoms with Crippen LogP contribution in [0.25, 0.3) is 5.00 Å². The Bertz CT molecular complexity index is 908. The van der Waals surface area contributed by atoms with Gasteiger partial charge in [0, 0.05) is 33.9 Å². The molecule has 2 aromatic heterocycles. The Hall–Kier alpha value is -1.55. The van der Waals surface area contributed by atoms with Gasteiger partial charge in [-0.15, -0.1) is 11.3 Å². The van der Waals surface area contributed by atoms with Gasteiger partial charge in [-0.2, -0.15) is 0 Å². The second-order valence-electron chi connectivity index (χ2n) is 6.67. The Labute approximate surface area is 151 Å². The van der Waals surface area contributed by atoms with Crippen molar-refractivity contribution in [3.63, 3.8) is 0 Å². The van der Waals surface area contributed by atoms with Gasteiger partial charge in [0.2, 0.25) is 0 Å². The smallest absolute Gasteiger partial charge is 0.104 e. The van der Waals surface area contributed by atoms with E-state index in [0.717, 1.165) is 11.6 Å². The molecule has 4 heteroatoms. The number of hydrogen-bond acceptors (Lipinski definition) is 2. The predicted octanol–water partition coefficient (Wildman–Crippen LogP) is 5.26.